The van der Waals surface area contributed by atoms with Crippen molar-refractivity contribution in [2.45, 2.75) is 13.3 Å². The number of hydrogen-bond acceptors (Lipinski definition) is 5. The average molecular weight is 399 g/mol. The first-order valence-corrected chi connectivity index (χ1v) is 8.75. The molecule has 0 spiro atoms. The maximum Gasteiger partial charge on any atom is 0.335 e. The maximum absolute atomic E-state index is 12.9. The van der Waals surface area contributed by atoms with Crippen molar-refractivity contribution in [2.75, 3.05) is 4.90 Å². The van der Waals surface area contributed by atoms with Gasteiger partial charge in [-0.1, -0.05) is 36.7 Å². The number of esters is 1. The fraction of sp³-hybridized carbons (Fsp3) is 0.100. The number of carbonyl (C=O) groups is 4. The number of benzene rings is 2. The number of nitrogens with zero attached hydrogens (tertiary/aromatic N) is 1. The predicted octanol–water partition coefficient (Wildman–Crippen LogP) is 3.32. The molecule has 0 unspecified atom stereocenters. The Balaban J connectivity index is 2.00. The third-order valence-corrected chi connectivity index (χ3v) is 4.17. The predicted molar refractivity (Wildman–Crippen MR) is 103 cm³/mol. The number of nitrogens with one attached hydrogen (secondary N) is 1. The van der Waals surface area contributed by atoms with Crippen LogP contribution in [0.2, 0.25) is 5.02 Å². The van der Waals surface area contributed by atoms with Crippen molar-refractivity contribution in [1.82, 2.24) is 5.32 Å². The summed E-state index contributed by atoms with van der Waals surface area (Å²) in [6.07, 6.45) is 1.45. The van der Waals surface area contributed by atoms with Crippen LogP contribution in [0.3, 0.4) is 0 Å². The number of imide groups is 2. The van der Waals surface area contributed by atoms with E-state index < -0.39 is 23.8 Å². The largest absolute Gasteiger partial charge is 0.426 e. The Hall–Kier alpha value is -3.45. The normalized spacial score (nSPS) is 15.6. The van der Waals surface area contributed by atoms with Gasteiger partial charge in [-0.15, -0.1) is 0 Å². The molecular formula is C20H15ClN2O5. The summed E-state index contributed by atoms with van der Waals surface area (Å²) in [5.74, 6) is -1.88. The molecular weight excluding hydrogens is 384 g/mol. The van der Waals surface area contributed by atoms with E-state index in [1.807, 2.05) is 0 Å². The van der Waals surface area contributed by atoms with Crippen molar-refractivity contribution < 1.29 is 23.9 Å². The van der Waals surface area contributed by atoms with E-state index in [0.29, 0.717) is 10.6 Å². The van der Waals surface area contributed by atoms with Crippen LogP contribution in [-0.4, -0.2) is 23.8 Å². The molecule has 0 aromatic heterocycles. The minimum Gasteiger partial charge on any atom is -0.426 e. The van der Waals surface area contributed by atoms with Crippen LogP contribution in [0.4, 0.5) is 10.5 Å². The molecule has 1 aliphatic rings. The standard InChI is InChI=1S/C20H15ClN2O5/c1-2-17(24)28-16-6-4-3-5-12(16)11-15-18(25)22-20(27)23(19(15)26)14-9-7-13(21)8-10-14/h3-11H,2H2,1H3,(H,22,25,27). The van der Waals surface area contributed by atoms with Crippen molar-refractivity contribution in [3.8, 4) is 5.75 Å². The Kier molecular flexibility index (Phi) is 5.56. The number of rotatable bonds is 4. The average Bonchev–Trinajstić information content (AvgIpc) is 2.67. The lowest BCUT2D eigenvalue weighted by Crippen LogP contribution is -2.54. The highest BCUT2D eigenvalue weighted by Gasteiger charge is 2.36. The highest BCUT2D eigenvalue weighted by atomic mass is 35.5. The van der Waals surface area contributed by atoms with Crippen LogP contribution in [0, 0.1) is 0 Å². The molecule has 0 atom stereocenters. The minimum atomic E-state index is -0.861. The molecule has 2 aromatic rings. The van der Waals surface area contributed by atoms with Gasteiger partial charge >= 0.3 is 12.0 Å². The minimum absolute atomic E-state index is 0.170. The molecule has 1 heterocycles. The van der Waals surface area contributed by atoms with E-state index in [-0.39, 0.29) is 23.4 Å². The quantitative estimate of drug-likeness (QED) is 0.369. The van der Waals surface area contributed by atoms with Gasteiger partial charge in [0.05, 0.1) is 5.69 Å². The highest BCUT2D eigenvalue weighted by Crippen LogP contribution is 2.26. The molecule has 4 amide bonds. The molecule has 2 aromatic carbocycles. The first-order chi connectivity index (χ1) is 13.4. The van der Waals surface area contributed by atoms with Crippen molar-refractivity contribution in [3.63, 3.8) is 0 Å². The molecule has 8 heteroatoms. The second kappa shape index (κ2) is 8.06. The zero-order valence-electron chi connectivity index (χ0n) is 14.8. The Labute approximate surface area is 165 Å². The number of carbonyl (C=O) groups excluding carboxylic acids is 4. The molecule has 1 N–H and O–H groups in total. The molecule has 0 bridgehead atoms. The Morgan fingerprint density at radius 3 is 2.46 bits per heavy atom. The first kappa shape index (κ1) is 19.3. The second-order valence-electron chi connectivity index (χ2n) is 5.80. The molecule has 1 saturated heterocycles. The fourth-order valence-electron chi connectivity index (χ4n) is 2.53. The maximum atomic E-state index is 12.9. The monoisotopic (exact) mass is 398 g/mol. The van der Waals surface area contributed by atoms with E-state index in [0.717, 1.165) is 4.90 Å². The Morgan fingerprint density at radius 2 is 1.79 bits per heavy atom. The van der Waals surface area contributed by atoms with Crippen LogP contribution < -0.4 is 15.0 Å². The van der Waals surface area contributed by atoms with Crippen molar-refractivity contribution in [2.24, 2.45) is 0 Å². The van der Waals surface area contributed by atoms with Crippen molar-refractivity contribution in [1.29, 1.82) is 0 Å². The van der Waals surface area contributed by atoms with Gasteiger partial charge in [0.1, 0.15) is 11.3 Å². The zero-order chi connectivity index (χ0) is 20.3. The molecule has 142 valence electrons. The molecule has 28 heavy (non-hydrogen) atoms. The smallest absolute Gasteiger partial charge is 0.335 e. The van der Waals surface area contributed by atoms with Crippen molar-refractivity contribution in [3.05, 3.63) is 64.7 Å². The van der Waals surface area contributed by atoms with Gasteiger partial charge in [0.25, 0.3) is 11.8 Å². The van der Waals surface area contributed by atoms with E-state index >= 15 is 0 Å². The van der Waals surface area contributed by atoms with Crippen LogP contribution in [0.5, 0.6) is 5.75 Å². The summed E-state index contributed by atoms with van der Waals surface area (Å²) in [5, 5.41) is 2.57. The molecule has 3 rings (SSSR count). The molecule has 0 radical (unpaired) electrons. The van der Waals surface area contributed by atoms with Gasteiger partial charge < -0.3 is 4.74 Å². The van der Waals surface area contributed by atoms with Gasteiger partial charge in [-0.3, -0.25) is 19.7 Å². The number of ether oxygens (including phenoxy) is 1. The van der Waals surface area contributed by atoms with Gasteiger partial charge in [-0.25, -0.2) is 9.69 Å². The molecule has 7 nitrogen and oxygen atoms in total. The number of urea groups is 1. The van der Waals surface area contributed by atoms with E-state index in [1.54, 1.807) is 31.2 Å². The number of hydrogen-bond donors (Lipinski definition) is 1. The number of anilines is 1. The topological polar surface area (TPSA) is 92.8 Å². The summed E-state index contributed by atoms with van der Waals surface area (Å²) in [6.45, 7) is 1.65. The van der Waals surface area contributed by atoms with Gasteiger partial charge in [0.15, 0.2) is 0 Å². The van der Waals surface area contributed by atoms with Gasteiger partial charge in [0.2, 0.25) is 0 Å². The number of halogens is 1. The van der Waals surface area contributed by atoms with Gasteiger partial charge in [0, 0.05) is 17.0 Å². The SMILES string of the molecule is CCC(=O)Oc1ccccc1C=C1C(=O)NC(=O)N(c2ccc(Cl)cc2)C1=O. The molecule has 1 fully saturated rings. The Morgan fingerprint density at radius 1 is 1.11 bits per heavy atom. The van der Waals surface area contributed by atoms with Crippen molar-refractivity contribution >= 4 is 47.2 Å². The third-order valence-electron chi connectivity index (χ3n) is 3.92. The lowest BCUT2D eigenvalue weighted by molar-refractivity contribution is -0.134. The van der Waals surface area contributed by atoms with E-state index in [4.69, 9.17) is 16.3 Å². The Bertz CT molecular complexity index is 998. The third kappa shape index (κ3) is 3.94. The molecule has 0 aliphatic carbocycles. The zero-order valence-corrected chi connectivity index (χ0v) is 15.5. The number of para-hydroxylation sites is 1. The summed E-state index contributed by atoms with van der Waals surface area (Å²) in [5.41, 5.74) is 0.346. The van der Waals surface area contributed by atoms with Crippen LogP contribution in [0.25, 0.3) is 6.08 Å². The fourth-order valence-corrected chi connectivity index (χ4v) is 2.65. The van der Waals surface area contributed by atoms with Gasteiger partial charge in [-0.2, -0.15) is 0 Å². The van der Waals surface area contributed by atoms with Crippen LogP contribution in [0.1, 0.15) is 18.9 Å². The highest BCUT2D eigenvalue weighted by molar-refractivity contribution is 6.39. The number of amides is 4. The van der Waals surface area contributed by atoms with Crippen LogP contribution in [-0.2, 0) is 14.4 Å². The molecule has 0 saturated carbocycles. The lowest BCUT2D eigenvalue weighted by atomic mass is 10.1. The molecule has 1 aliphatic heterocycles. The van der Waals surface area contributed by atoms with Crippen LogP contribution >= 0.6 is 11.6 Å². The van der Waals surface area contributed by atoms with Crippen LogP contribution in [0.15, 0.2) is 54.1 Å². The summed E-state index contributed by atoms with van der Waals surface area (Å²) >= 11 is 5.84. The summed E-state index contributed by atoms with van der Waals surface area (Å²) in [4.78, 5) is 49.8. The first-order valence-electron chi connectivity index (χ1n) is 8.37. The summed E-state index contributed by atoms with van der Waals surface area (Å²) in [6, 6.07) is 11.6. The number of barbiturate groups is 1. The van der Waals surface area contributed by atoms with E-state index in [9.17, 15) is 19.2 Å². The van der Waals surface area contributed by atoms with E-state index in [2.05, 4.69) is 5.32 Å². The summed E-state index contributed by atoms with van der Waals surface area (Å²) < 4.78 is 5.23. The van der Waals surface area contributed by atoms with Gasteiger partial charge in [-0.05, 0) is 36.4 Å². The van der Waals surface area contributed by atoms with E-state index in [1.165, 1.54) is 30.3 Å². The summed E-state index contributed by atoms with van der Waals surface area (Å²) in [7, 11) is 0. The lowest BCUT2D eigenvalue weighted by Gasteiger charge is -2.26. The second-order valence-corrected chi connectivity index (χ2v) is 6.24.